The molecule has 0 N–H and O–H groups in total. The molecule has 0 saturated heterocycles. The van der Waals surface area contributed by atoms with E-state index in [4.69, 9.17) is 8.53 Å². The fourth-order valence-corrected chi connectivity index (χ4v) is 6.96. The van der Waals surface area contributed by atoms with Crippen LogP contribution in [-0.2, 0) is 0 Å². The lowest BCUT2D eigenvalue weighted by atomic mass is 9.96. The SMILES string of the molecule is [2H]c1c([2H])c(-c2ccc3c([2H])c([2H])c4oc5cccc([2H])c5c4c3c2[2H])c([2H])c([2H])c1-c1cccc(N(c2ccccc2)c2ccc(-c3ccc4ccccc4c3)cc2)c1. The van der Waals surface area contributed by atoms with Crippen molar-refractivity contribution in [3.8, 4) is 33.4 Å². The van der Waals surface area contributed by atoms with Crippen LogP contribution in [0.1, 0.15) is 11.0 Å². The number of benzene rings is 9. The van der Waals surface area contributed by atoms with Crippen LogP contribution in [-0.4, -0.2) is 0 Å². The standard InChI is InChI=1S/C50H33NO/c1-2-12-43(13-3-1)51(44-28-25-37(26-29-44)41-23-21-34-9-4-5-10-39(34)31-41)45-14-8-11-40(32-45)35-17-19-36(20-18-35)42-24-22-38-27-30-49-50(47(38)33-42)46-15-6-7-16-48(46)52-49/h1-33H/i15D,17D,18D,19D,20D,27D,30D,33D. The summed E-state index contributed by atoms with van der Waals surface area (Å²) in [5, 5.41) is 3.63. The highest BCUT2D eigenvalue weighted by Gasteiger charge is 2.15. The second kappa shape index (κ2) is 12.5. The molecule has 0 aliphatic carbocycles. The summed E-state index contributed by atoms with van der Waals surface area (Å²) >= 11 is 0. The molecule has 0 amide bonds. The van der Waals surface area contributed by atoms with Gasteiger partial charge in [-0.05, 0) is 116 Å². The van der Waals surface area contributed by atoms with Gasteiger partial charge in [0.25, 0.3) is 0 Å². The van der Waals surface area contributed by atoms with Gasteiger partial charge in [-0.3, -0.25) is 0 Å². The van der Waals surface area contributed by atoms with Crippen LogP contribution >= 0.6 is 0 Å². The van der Waals surface area contributed by atoms with Gasteiger partial charge >= 0.3 is 0 Å². The molecule has 9 aromatic carbocycles. The monoisotopic (exact) mass is 671 g/mol. The van der Waals surface area contributed by atoms with Crippen LogP contribution in [0.25, 0.3) is 76.9 Å². The van der Waals surface area contributed by atoms with E-state index >= 15 is 0 Å². The minimum absolute atomic E-state index is 0.0530. The predicted octanol–water partition coefficient (Wildman–Crippen LogP) is 14.4. The van der Waals surface area contributed by atoms with Crippen molar-refractivity contribution in [2.75, 3.05) is 4.90 Å². The summed E-state index contributed by atoms with van der Waals surface area (Å²) in [6, 6.07) is 46.9. The van der Waals surface area contributed by atoms with Gasteiger partial charge in [0.05, 0.1) is 11.0 Å². The maximum absolute atomic E-state index is 9.45. The number of fused-ring (bicyclic) bond motifs is 6. The molecule has 10 aromatic rings. The average Bonchev–Trinajstić information content (AvgIpc) is 3.67. The first-order valence-corrected chi connectivity index (χ1v) is 17.1. The summed E-state index contributed by atoms with van der Waals surface area (Å²) in [4.78, 5) is 2.09. The van der Waals surface area contributed by atoms with E-state index in [0.29, 0.717) is 27.3 Å². The second-order valence-electron chi connectivity index (χ2n) is 12.7. The Kier molecular flexibility index (Phi) is 5.45. The number of furan rings is 1. The Morgan fingerprint density at radius 1 is 0.365 bits per heavy atom. The quantitative estimate of drug-likeness (QED) is 0.175. The minimum Gasteiger partial charge on any atom is -0.456 e. The van der Waals surface area contributed by atoms with Gasteiger partial charge in [-0.2, -0.15) is 0 Å². The van der Waals surface area contributed by atoms with Crippen LogP contribution in [0.15, 0.2) is 204 Å². The maximum atomic E-state index is 9.45. The largest absolute Gasteiger partial charge is 0.456 e. The molecule has 0 bridgehead atoms. The average molecular weight is 672 g/mol. The Balaban J connectivity index is 1.09. The van der Waals surface area contributed by atoms with Crippen LogP contribution in [0.3, 0.4) is 0 Å². The number of anilines is 3. The van der Waals surface area contributed by atoms with Gasteiger partial charge in [-0.15, -0.1) is 0 Å². The third-order valence-electron chi connectivity index (χ3n) is 9.52. The lowest BCUT2D eigenvalue weighted by Crippen LogP contribution is -2.09. The molecule has 1 aromatic heterocycles. The molecule has 52 heavy (non-hydrogen) atoms. The minimum atomic E-state index is -0.314. The molecule has 0 fully saturated rings. The van der Waals surface area contributed by atoms with E-state index in [2.05, 4.69) is 59.5 Å². The Morgan fingerprint density at radius 3 is 1.87 bits per heavy atom. The summed E-state index contributed by atoms with van der Waals surface area (Å²) in [6.07, 6.45) is 0. The zero-order valence-corrected chi connectivity index (χ0v) is 27.8. The molecule has 2 heteroatoms. The van der Waals surface area contributed by atoms with Crippen molar-refractivity contribution < 1.29 is 15.4 Å². The van der Waals surface area contributed by atoms with Gasteiger partial charge < -0.3 is 9.32 Å². The fourth-order valence-electron chi connectivity index (χ4n) is 6.96. The highest BCUT2D eigenvalue weighted by molar-refractivity contribution is 6.19. The lowest BCUT2D eigenvalue weighted by Gasteiger charge is -2.26. The van der Waals surface area contributed by atoms with Crippen molar-refractivity contribution in [2.24, 2.45) is 0 Å². The van der Waals surface area contributed by atoms with Gasteiger partial charge in [-0.25, -0.2) is 0 Å². The number of rotatable bonds is 6. The summed E-state index contributed by atoms with van der Waals surface area (Å²) in [5.74, 6) is 0. The topological polar surface area (TPSA) is 16.4 Å². The first kappa shape index (κ1) is 22.7. The predicted molar refractivity (Wildman–Crippen MR) is 220 cm³/mol. The molecule has 2 nitrogen and oxygen atoms in total. The third kappa shape index (κ3) is 5.30. The van der Waals surface area contributed by atoms with Crippen LogP contribution in [0.5, 0.6) is 0 Å². The van der Waals surface area contributed by atoms with Gasteiger partial charge in [0, 0.05) is 27.8 Å². The smallest absolute Gasteiger partial charge is 0.136 e. The molecule has 0 unspecified atom stereocenters. The van der Waals surface area contributed by atoms with Crippen molar-refractivity contribution in [3.05, 3.63) is 200 Å². The number of nitrogens with zero attached hydrogens (tertiary/aromatic N) is 1. The van der Waals surface area contributed by atoms with E-state index < -0.39 is 0 Å². The zero-order chi connectivity index (χ0) is 41.4. The summed E-state index contributed by atoms with van der Waals surface area (Å²) in [5.41, 5.74) is 5.84. The molecule has 10 rings (SSSR count). The lowest BCUT2D eigenvalue weighted by molar-refractivity contribution is 0.669. The summed E-state index contributed by atoms with van der Waals surface area (Å²) in [6.45, 7) is 0. The Bertz CT molecular complexity index is 3330. The highest BCUT2D eigenvalue weighted by atomic mass is 16.3. The van der Waals surface area contributed by atoms with Crippen LogP contribution in [0.2, 0.25) is 0 Å². The van der Waals surface area contributed by atoms with Crippen molar-refractivity contribution in [2.45, 2.75) is 0 Å². The third-order valence-corrected chi connectivity index (χ3v) is 9.52. The normalized spacial score (nSPS) is 13.6. The van der Waals surface area contributed by atoms with E-state index in [1.54, 1.807) is 30.3 Å². The molecule has 1 heterocycles. The zero-order valence-electron chi connectivity index (χ0n) is 35.8. The van der Waals surface area contributed by atoms with E-state index in [0.717, 1.165) is 28.2 Å². The molecule has 0 spiro atoms. The van der Waals surface area contributed by atoms with E-state index in [1.807, 2.05) is 60.7 Å². The second-order valence-corrected chi connectivity index (χ2v) is 12.7. The first-order valence-electron chi connectivity index (χ1n) is 21.1. The Morgan fingerprint density at radius 2 is 1.02 bits per heavy atom. The fraction of sp³-hybridized carbons (Fsp3) is 0. The molecule has 0 aliphatic heterocycles. The van der Waals surface area contributed by atoms with Gasteiger partial charge in [0.2, 0.25) is 0 Å². The van der Waals surface area contributed by atoms with Gasteiger partial charge in [0.15, 0.2) is 0 Å². The van der Waals surface area contributed by atoms with E-state index in [1.165, 1.54) is 16.8 Å². The Hall–Kier alpha value is -6.90. The first-order chi connectivity index (χ1) is 29.1. The molecule has 244 valence electrons. The van der Waals surface area contributed by atoms with Crippen LogP contribution < -0.4 is 4.90 Å². The van der Waals surface area contributed by atoms with E-state index in [-0.39, 0.29) is 76.0 Å². The van der Waals surface area contributed by atoms with Crippen molar-refractivity contribution in [1.29, 1.82) is 0 Å². The summed E-state index contributed by atoms with van der Waals surface area (Å²) in [7, 11) is 0. The van der Waals surface area contributed by atoms with Gasteiger partial charge in [-0.1, -0.05) is 139 Å². The molecular formula is C50H33NO. The molecule has 0 atom stereocenters. The summed E-state index contributed by atoms with van der Waals surface area (Å²) < 4.78 is 78.7. The molecule has 0 aliphatic rings. The van der Waals surface area contributed by atoms with E-state index in [9.17, 15) is 6.85 Å². The van der Waals surface area contributed by atoms with Crippen LogP contribution in [0.4, 0.5) is 17.1 Å². The number of hydrogen-bond donors (Lipinski definition) is 0. The molecule has 0 saturated carbocycles. The highest BCUT2D eigenvalue weighted by Crippen LogP contribution is 2.39. The van der Waals surface area contributed by atoms with Crippen LogP contribution in [0, 0.1) is 0 Å². The molecule has 0 radical (unpaired) electrons. The molecular weight excluding hydrogens is 631 g/mol. The Labute approximate surface area is 313 Å². The van der Waals surface area contributed by atoms with Crippen molar-refractivity contribution in [1.82, 2.24) is 0 Å². The number of hydrogen-bond acceptors (Lipinski definition) is 2. The maximum Gasteiger partial charge on any atom is 0.136 e. The van der Waals surface area contributed by atoms with Crippen molar-refractivity contribution in [3.63, 3.8) is 0 Å². The van der Waals surface area contributed by atoms with Crippen molar-refractivity contribution >= 4 is 60.5 Å². The number of para-hydroxylation sites is 2. The van der Waals surface area contributed by atoms with Gasteiger partial charge in [0.1, 0.15) is 11.2 Å².